The molecule has 0 saturated carbocycles. The number of nitrogens with zero attached hydrogens (tertiary/aromatic N) is 2. The molecular weight excluding hydrogens is 314 g/mol. The van der Waals surface area contributed by atoms with E-state index in [9.17, 15) is 32.4 Å². The quantitative estimate of drug-likeness (QED) is 0.445. The van der Waals surface area contributed by atoms with E-state index in [1.54, 1.807) is 0 Å². The first kappa shape index (κ1) is 19.8. The van der Waals surface area contributed by atoms with Crippen LogP contribution in [0.25, 0.3) is 4.98 Å². The molecule has 0 heterocycles. The number of diazo groups is 1. The van der Waals surface area contributed by atoms with Crippen LogP contribution in [0.15, 0.2) is 29.2 Å². The third-order valence-electron chi connectivity index (χ3n) is 1.38. The lowest BCUT2D eigenvalue weighted by molar-refractivity contribution is -0.0000152. The fourth-order valence-corrected chi connectivity index (χ4v) is 1.46. The first-order valence-electron chi connectivity index (χ1n) is 3.88. The van der Waals surface area contributed by atoms with E-state index in [0.29, 0.717) is 0 Å². The van der Waals surface area contributed by atoms with E-state index < -0.39 is 28.4 Å². The first-order valence-corrected chi connectivity index (χ1v) is 5.83. The van der Waals surface area contributed by atoms with E-state index in [1.807, 2.05) is 0 Å². The Hall–Kier alpha value is -1.58. The minimum atomic E-state index is -9.65. The summed E-state index contributed by atoms with van der Waals surface area (Å²) in [6.45, 7) is 0. The van der Waals surface area contributed by atoms with Crippen LogP contribution >= 0.6 is 10.2 Å². The molecule has 0 aliphatic carbocycles. The van der Waals surface area contributed by atoms with Crippen LogP contribution in [-0.4, -0.2) is 7.54 Å². The Morgan fingerprint density at radius 2 is 1.42 bits per heavy atom. The SMILES string of the molecule is FB(F)F.N#[N+]c1cccc(S(F)(F)(F)(F)F)c1.[F-]. The predicted octanol–water partition coefficient (Wildman–Crippen LogP) is 2.71. The van der Waals surface area contributed by atoms with Crippen molar-refractivity contribution in [2.75, 3.05) is 0 Å². The highest BCUT2D eigenvalue weighted by molar-refractivity contribution is 8.45. The maximum Gasteiger partial charge on any atom is 0.762 e. The van der Waals surface area contributed by atoms with Crippen LogP contribution in [0.1, 0.15) is 0 Å². The second kappa shape index (κ2) is 5.20. The third-order valence-corrected chi connectivity index (χ3v) is 2.52. The zero-order chi connectivity index (χ0) is 14.7. The second-order valence-electron chi connectivity index (χ2n) is 2.81. The van der Waals surface area contributed by atoms with Gasteiger partial charge in [0.05, 0.1) is 6.07 Å². The van der Waals surface area contributed by atoms with Gasteiger partial charge in [-0.25, -0.2) is 0 Å². The molecule has 0 atom stereocenters. The maximum atomic E-state index is 12.1. The molecule has 0 radical (unpaired) electrons. The summed E-state index contributed by atoms with van der Waals surface area (Å²) in [6.07, 6.45) is 0. The summed E-state index contributed by atoms with van der Waals surface area (Å²) < 4.78 is 89.7. The molecule has 19 heavy (non-hydrogen) atoms. The molecule has 1 aromatic carbocycles. The van der Waals surface area contributed by atoms with Crippen LogP contribution in [0.5, 0.6) is 0 Å². The molecule has 0 aromatic heterocycles. The topological polar surface area (TPSA) is 28.1 Å². The van der Waals surface area contributed by atoms with Crippen molar-refractivity contribution in [3.63, 3.8) is 0 Å². The van der Waals surface area contributed by atoms with Crippen molar-refractivity contribution < 1.29 is 37.1 Å². The van der Waals surface area contributed by atoms with Crippen molar-refractivity contribution in [3.8, 4) is 0 Å². The molecule has 0 aliphatic rings. The van der Waals surface area contributed by atoms with Gasteiger partial charge in [-0.2, -0.15) is 0 Å². The van der Waals surface area contributed by atoms with Gasteiger partial charge in [-0.3, -0.25) is 12.9 Å². The molecule has 1 aromatic rings. The molecule has 1 rings (SSSR count). The number of hydrogen-bond acceptors (Lipinski definition) is 1. The Morgan fingerprint density at radius 1 is 1.00 bits per heavy atom. The minimum Gasteiger partial charge on any atom is -1.00 e. The highest BCUT2D eigenvalue weighted by Gasteiger charge is 2.65. The fraction of sp³-hybridized carbons (Fsp3) is 0. The molecule has 110 valence electrons. The number of rotatable bonds is 1. The molecule has 0 amide bonds. The normalized spacial score (nSPS) is 13.6. The molecule has 13 heteroatoms. The third kappa shape index (κ3) is 8.19. The predicted molar refractivity (Wildman–Crippen MR) is 51.7 cm³/mol. The van der Waals surface area contributed by atoms with Crippen molar-refractivity contribution in [2.45, 2.75) is 4.90 Å². The van der Waals surface area contributed by atoms with E-state index in [1.165, 1.54) is 0 Å². The van der Waals surface area contributed by atoms with Gasteiger partial charge in [0.25, 0.3) is 0 Å². The molecule has 0 bridgehead atoms. The van der Waals surface area contributed by atoms with E-state index in [-0.39, 0.29) is 16.8 Å². The lowest BCUT2D eigenvalue weighted by atomic mass is 10.3. The van der Waals surface area contributed by atoms with E-state index >= 15 is 0 Å². The van der Waals surface area contributed by atoms with Crippen LogP contribution in [0.4, 0.5) is 38.1 Å². The summed E-state index contributed by atoms with van der Waals surface area (Å²) in [5.41, 5.74) is -0.573. The lowest BCUT2D eigenvalue weighted by Gasteiger charge is -2.40. The fourth-order valence-electron chi connectivity index (χ4n) is 0.786. The van der Waals surface area contributed by atoms with Gasteiger partial charge >= 0.3 is 23.5 Å². The highest BCUT2D eigenvalue weighted by atomic mass is 32.5. The summed E-state index contributed by atoms with van der Waals surface area (Å²) >= 11 is 0. The Balaban J connectivity index is 0. The van der Waals surface area contributed by atoms with Crippen LogP contribution in [0, 0.1) is 5.39 Å². The van der Waals surface area contributed by atoms with Gasteiger partial charge in [0.1, 0.15) is 4.90 Å². The Kier molecular flexibility index (Phi) is 5.40. The molecule has 0 aliphatic heterocycles. The molecule has 0 spiro atoms. The Labute approximate surface area is 101 Å². The van der Waals surface area contributed by atoms with Gasteiger partial charge < -0.3 is 4.70 Å². The van der Waals surface area contributed by atoms with Gasteiger partial charge in [0.2, 0.25) is 5.39 Å². The summed E-state index contributed by atoms with van der Waals surface area (Å²) in [5.74, 6) is 0. The molecule has 0 fully saturated rings. The van der Waals surface area contributed by atoms with Crippen molar-refractivity contribution in [1.82, 2.24) is 0 Å². The average Bonchev–Trinajstić information content (AvgIpc) is 2.13. The summed E-state index contributed by atoms with van der Waals surface area (Å²) in [7, 11) is -13.3. The summed E-state index contributed by atoms with van der Waals surface area (Å²) in [4.78, 5) is 0.323. The summed E-state index contributed by atoms with van der Waals surface area (Å²) in [5, 5.41) is 8.12. The second-order valence-corrected chi connectivity index (χ2v) is 5.22. The van der Waals surface area contributed by atoms with Gasteiger partial charge in [0, 0.05) is 6.07 Å². The van der Waals surface area contributed by atoms with Crippen LogP contribution in [0.3, 0.4) is 0 Å². The number of benzene rings is 1. The van der Waals surface area contributed by atoms with Gasteiger partial charge in [-0.15, -0.1) is 0 Å². The zero-order valence-corrected chi connectivity index (χ0v) is 9.41. The van der Waals surface area contributed by atoms with E-state index in [0.717, 1.165) is 12.1 Å². The number of hydrogen-bond donors (Lipinski definition) is 0. The van der Waals surface area contributed by atoms with E-state index in [4.69, 9.17) is 5.39 Å². The largest absolute Gasteiger partial charge is 1.00 e. The Morgan fingerprint density at radius 3 is 1.74 bits per heavy atom. The van der Waals surface area contributed by atoms with Crippen LogP contribution < -0.4 is 4.70 Å². The average molecular weight is 318 g/mol. The van der Waals surface area contributed by atoms with Crippen molar-refractivity contribution in [1.29, 1.82) is 5.39 Å². The molecular formula is C6H4BF9N2S. The molecule has 0 N–H and O–H groups in total. The lowest BCUT2D eigenvalue weighted by Crippen LogP contribution is -3.00. The molecule has 0 unspecified atom stereocenters. The van der Waals surface area contributed by atoms with Crippen LogP contribution in [0.2, 0.25) is 0 Å². The van der Waals surface area contributed by atoms with E-state index in [2.05, 4.69) is 4.98 Å². The summed E-state index contributed by atoms with van der Waals surface area (Å²) in [6, 6.07) is 2.02. The zero-order valence-electron chi connectivity index (χ0n) is 8.59. The maximum absolute atomic E-state index is 12.1. The molecule has 2 nitrogen and oxygen atoms in total. The van der Waals surface area contributed by atoms with Crippen LogP contribution in [-0.2, 0) is 0 Å². The standard InChI is InChI=1S/C6H4F5N2S.BF3.FH/c7-14(8,9,10,11)6-3-1-2-5(4-6)13-12;2-1(3)4;/h1-4H;;1H/q+1;;/p-1. The first-order chi connectivity index (χ1) is 7.76. The monoisotopic (exact) mass is 318 g/mol. The highest BCUT2D eigenvalue weighted by Crippen LogP contribution is 3.02. The molecule has 0 saturated heterocycles. The van der Waals surface area contributed by atoms with Crippen molar-refractivity contribution >= 4 is 23.5 Å². The minimum absolute atomic E-state index is 0. The van der Waals surface area contributed by atoms with Gasteiger partial charge in [-0.05, 0) is 6.07 Å². The van der Waals surface area contributed by atoms with Gasteiger partial charge in [0.15, 0.2) is 4.98 Å². The van der Waals surface area contributed by atoms with Crippen molar-refractivity contribution in [3.05, 3.63) is 29.2 Å². The van der Waals surface area contributed by atoms with Gasteiger partial charge in [-0.1, -0.05) is 25.5 Å². The van der Waals surface area contributed by atoms with Crippen molar-refractivity contribution in [2.24, 2.45) is 0 Å². The number of halogens is 9. The Bertz CT molecular complexity index is 464. The smallest absolute Gasteiger partial charge is 0.762 e.